The largest absolute Gasteiger partial charge is 0.466 e. The van der Waals surface area contributed by atoms with E-state index in [0.717, 1.165) is 54.8 Å². The molecule has 0 aliphatic carbocycles. The summed E-state index contributed by atoms with van der Waals surface area (Å²) >= 11 is 0. The quantitative estimate of drug-likeness (QED) is 0.200. The van der Waals surface area contributed by atoms with Gasteiger partial charge in [0.25, 0.3) is 0 Å². The molecule has 1 aliphatic rings. The van der Waals surface area contributed by atoms with Gasteiger partial charge in [-0.15, -0.1) is 0 Å². The molecule has 1 fully saturated rings. The summed E-state index contributed by atoms with van der Waals surface area (Å²) in [5.41, 5.74) is 8.35. The van der Waals surface area contributed by atoms with Crippen LogP contribution in [-0.2, 0) is 47.3 Å². The third-order valence-corrected chi connectivity index (χ3v) is 11.6. The number of rotatable bonds is 5. The third-order valence-electron chi connectivity index (χ3n) is 11.6. The summed E-state index contributed by atoms with van der Waals surface area (Å²) in [7, 11) is 0. The lowest BCUT2D eigenvalue weighted by atomic mass is 9.83. The van der Waals surface area contributed by atoms with E-state index in [1.54, 1.807) is 0 Å². The Morgan fingerprint density at radius 1 is 0.417 bits per heavy atom. The second-order valence-electron chi connectivity index (χ2n) is 31.6. The minimum atomic E-state index is 0.121. The first-order valence-electron chi connectivity index (χ1n) is 28.3. The maximum absolute atomic E-state index is 5.82. The highest BCUT2D eigenvalue weighted by Gasteiger charge is 2.25. The molecule has 3 heterocycles. The van der Waals surface area contributed by atoms with Crippen LogP contribution in [0, 0.1) is 27.1 Å². The minimum Gasteiger partial charge on any atom is -0.466 e. The molecule has 1 aliphatic heterocycles. The molecule has 414 valence electrons. The molecular weight excluding hydrogens is 875 g/mol. The predicted molar refractivity (Wildman–Crippen MR) is 323 cm³/mol. The van der Waals surface area contributed by atoms with Crippen molar-refractivity contribution in [2.75, 3.05) is 13.1 Å². The molecule has 5 rings (SSSR count). The topological polar surface area (TPSA) is 29.5 Å². The maximum atomic E-state index is 5.82. The summed E-state index contributed by atoms with van der Waals surface area (Å²) in [5, 5.41) is 0. The van der Waals surface area contributed by atoms with Crippen LogP contribution >= 0.6 is 0 Å². The molecule has 0 N–H and O–H groups in total. The summed E-state index contributed by atoms with van der Waals surface area (Å²) in [4.78, 5) is 2.61. The number of nitrogens with zero attached hydrogens (tertiary/aromatic N) is 1. The van der Waals surface area contributed by atoms with Gasteiger partial charge in [-0.3, -0.25) is 0 Å². The molecule has 0 bridgehead atoms. The van der Waals surface area contributed by atoms with Crippen molar-refractivity contribution in [1.29, 1.82) is 0 Å². The summed E-state index contributed by atoms with van der Waals surface area (Å²) in [5.74, 6) is 4.36. The van der Waals surface area contributed by atoms with Crippen LogP contribution in [0.3, 0.4) is 0 Å². The van der Waals surface area contributed by atoms with Gasteiger partial charge in [0.1, 0.15) is 23.0 Å². The minimum absolute atomic E-state index is 0.121. The van der Waals surface area contributed by atoms with Gasteiger partial charge in [0.2, 0.25) is 0 Å². The van der Waals surface area contributed by atoms with Crippen molar-refractivity contribution >= 4 is 0 Å². The number of likely N-dealkylation sites (tertiary alicyclic amines) is 1. The van der Waals surface area contributed by atoms with Crippen LogP contribution in [0.15, 0.2) is 81.6 Å². The maximum Gasteiger partial charge on any atom is 0.109 e. The van der Waals surface area contributed by atoms with E-state index >= 15 is 0 Å². The van der Waals surface area contributed by atoms with Crippen molar-refractivity contribution in [3.05, 3.63) is 118 Å². The van der Waals surface area contributed by atoms with E-state index in [-0.39, 0.29) is 21.7 Å². The highest BCUT2D eigenvalue weighted by molar-refractivity contribution is 5.30. The first-order valence-corrected chi connectivity index (χ1v) is 28.3. The summed E-state index contributed by atoms with van der Waals surface area (Å²) in [6, 6.07) is 27.2. The van der Waals surface area contributed by atoms with Crippen LogP contribution in [0.25, 0.3) is 0 Å². The van der Waals surface area contributed by atoms with Crippen LogP contribution in [0.4, 0.5) is 0 Å². The number of hydrogen-bond donors (Lipinski definition) is 0. The lowest BCUT2D eigenvalue weighted by Crippen LogP contribution is -2.34. The SMILES string of the molecule is CC(C)(C)Cc1ccc(C(C)(C)C)o1.CC(C)(C)Cc1ccc(C(C)(C)C)o1.CC(C)(C)Cc1cccc(C(C)(C)C)c1.CC(C)(C)Cc1cccc(C(C)(C)C)c1.CCC.C[C@@H]1CCCN1CC(C)(C)C. The van der Waals surface area contributed by atoms with Crippen molar-refractivity contribution < 1.29 is 8.83 Å². The monoisotopic (exact) mass is 996 g/mol. The van der Waals surface area contributed by atoms with Gasteiger partial charge in [0.05, 0.1) is 0 Å². The molecule has 72 heavy (non-hydrogen) atoms. The van der Waals surface area contributed by atoms with Crippen molar-refractivity contribution in [1.82, 2.24) is 4.90 Å². The van der Waals surface area contributed by atoms with Gasteiger partial charge in [-0.1, -0.05) is 256 Å². The van der Waals surface area contributed by atoms with Crippen molar-refractivity contribution in [2.45, 2.75) is 280 Å². The zero-order valence-corrected chi connectivity index (χ0v) is 53.6. The molecule has 0 spiro atoms. The van der Waals surface area contributed by atoms with Crippen LogP contribution in [0.2, 0.25) is 0 Å². The molecule has 0 saturated carbocycles. The Bertz CT molecular complexity index is 1920. The van der Waals surface area contributed by atoms with Crippen LogP contribution in [0.1, 0.15) is 272 Å². The van der Waals surface area contributed by atoms with Crippen LogP contribution in [0.5, 0.6) is 0 Å². The summed E-state index contributed by atoms with van der Waals surface area (Å²) in [6.07, 6.45) is 8.35. The van der Waals surface area contributed by atoms with E-state index in [1.807, 2.05) is 0 Å². The number of hydrogen-bond acceptors (Lipinski definition) is 3. The molecule has 1 atom stereocenters. The highest BCUT2D eigenvalue weighted by atomic mass is 16.3. The fourth-order valence-electron chi connectivity index (χ4n) is 8.15. The van der Waals surface area contributed by atoms with Gasteiger partial charge in [-0.25, -0.2) is 0 Å². The first kappa shape index (κ1) is 69.0. The van der Waals surface area contributed by atoms with E-state index < -0.39 is 0 Å². The molecule has 0 unspecified atom stereocenters. The fourth-order valence-corrected chi connectivity index (χ4v) is 8.15. The average molecular weight is 997 g/mol. The smallest absolute Gasteiger partial charge is 0.109 e. The summed E-state index contributed by atoms with van der Waals surface area (Å²) in [6.45, 7) is 69.9. The Labute approximate surface area is 450 Å². The standard InChI is InChI=1S/2C15H24.2C13H22O.C10H21N.C3H8/c2*1-14(2,3)11-12-8-7-9-13(10-12)15(4,5)6;2*1-12(2,3)9-10-7-8-11(14-10)13(4,5)6;1-9-6-5-7-11(9)8-10(2,3)4;1-3-2/h2*7-10H,11H2,1-6H3;2*7-8H,9H2,1-6H3;9H,5-8H2,1-4H3;3H2,1-2H3/t;;;;9-;/m....1./s1. The fraction of sp³-hybridized carbons (Fsp3) is 0.710. The number of furan rings is 2. The Kier molecular flexibility index (Phi) is 27.0. The van der Waals surface area contributed by atoms with Gasteiger partial charge in [-0.05, 0) is 124 Å². The van der Waals surface area contributed by atoms with Crippen LogP contribution < -0.4 is 0 Å². The Morgan fingerprint density at radius 3 is 0.958 bits per heavy atom. The van der Waals surface area contributed by atoms with Gasteiger partial charge in [-0.2, -0.15) is 0 Å². The molecule has 0 radical (unpaired) electrons. The van der Waals surface area contributed by atoms with Gasteiger partial charge in [0, 0.05) is 36.3 Å². The normalized spacial score (nSPS) is 15.1. The van der Waals surface area contributed by atoms with E-state index in [0.29, 0.717) is 27.1 Å². The Balaban J connectivity index is 0.000000865. The molecule has 2 aromatic heterocycles. The van der Waals surface area contributed by atoms with Gasteiger partial charge >= 0.3 is 0 Å². The third kappa shape index (κ3) is 33.0. The van der Waals surface area contributed by atoms with Crippen molar-refractivity contribution in [2.24, 2.45) is 27.1 Å². The molecule has 1 saturated heterocycles. The van der Waals surface area contributed by atoms with E-state index in [9.17, 15) is 0 Å². The van der Waals surface area contributed by atoms with Gasteiger partial charge < -0.3 is 13.7 Å². The van der Waals surface area contributed by atoms with E-state index in [2.05, 4.69) is 285 Å². The second-order valence-corrected chi connectivity index (χ2v) is 31.6. The average Bonchev–Trinajstić information content (AvgIpc) is 3.91. The molecule has 4 aromatic rings. The van der Waals surface area contributed by atoms with E-state index in [1.165, 1.54) is 54.6 Å². The van der Waals surface area contributed by atoms with Gasteiger partial charge in [0.15, 0.2) is 0 Å². The van der Waals surface area contributed by atoms with Crippen molar-refractivity contribution in [3.63, 3.8) is 0 Å². The Morgan fingerprint density at radius 2 is 0.736 bits per heavy atom. The summed E-state index contributed by atoms with van der Waals surface area (Å²) < 4.78 is 11.6. The zero-order chi connectivity index (χ0) is 56.5. The molecule has 3 nitrogen and oxygen atoms in total. The first-order chi connectivity index (χ1) is 32.1. The van der Waals surface area contributed by atoms with E-state index in [4.69, 9.17) is 8.83 Å². The molecular formula is C69H121NO2. The molecule has 2 aromatic carbocycles. The predicted octanol–water partition coefficient (Wildman–Crippen LogP) is 21.4. The van der Waals surface area contributed by atoms with Crippen molar-refractivity contribution in [3.8, 4) is 0 Å². The second kappa shape index (κ2) is 28.2. The lowest BCUT2D eigenvalue weighted by molar-refractivity contribution is 0.186. The highest BCUT2D eigenvalue weighted by Crippen LogP contribution is 2.31. The zero-order valence-electron chi connectivity index (χ0n) is 53.6. The Hall–Kier alpha value is -3.04. The lowest BCUT2D eigenvalue weighted by Gasteiger charge is -2.29. The number of benzene rings is 2. The molecule has 0 amide bonds. The molecule has 3 heteroatoms. The van der Waals surface area contributed by atoms with Crippen LogP contribution in [-0.4, -0.2) is 24.0 Å².